The molecule has 0 amide bonds. The van der Waals surface area contributed by atoms with Gasteiger partial charge in [-0.2, -0.15) is 0 Å². The van der Waals surface area contributed by atoms with Crippen LogP contribution in [0.1, 0.15) is 15.2 Å². The van der Waals surface area contributed by atoms with Crippen LogP contribution < -0.4 is 15.4 Å². The highest BCUT2D eigenvalue weighted by Crippen LogP contribution is 2.37. The van der Waals surface area contributed by atoms with E-state index < -0.39 is 5.97 Å². The SMILES string of the molecule is COC(=O)c1sc2cc(NC(=S)NCc3ccc(OC)cc3)ccc2c1Cl. The Morgan fingerprint density at radius 3 is 2.59 bits per heavy atom. The molecular weight excluding hydrogens is 404 g/mol. The molecule has 0 aliphatic carbocycles. The van der Waals surface area contributed by atoms with E-state index in [2.05, 4.69) is 10.6 Å². The molecule has 0 aliphatic heterocycles. The number of thiocarbonyl (C=S) groups is 1. The summed E-state index contributed by atoms with van der Waals surface area (Å²) in [7, 11) is 2.97. The van der Waals surface area contributed by atoms with Gasteiger partial charge in [0, 0.05) is 22.3 Å². The van der Waals surface area contributed by atoms with Gasteiger partial charge < -0.3 is 20.1 Å². The first-order valence-corrected chi connectivity index (χ1v) is 9.60. The maximum atomic E-state index is 11.8. The molecule has 0 radical (unpaired) electrons. The van der Waals surface area contributed by atoms with Crippen LogP contribution in [-0.2, 0) is 11.3 Å². The maximum absolute atomic E-state index is 11.8. The van der Waals surface area contributed by atoms with Crippen molar-refractivity contribution in [3.63, 3.8) is 0 Å². The first-order chi connectivity index (χ1) is 13.0. The van der Waals surface area contributed by atoms with Crippen LogP contribution in [0.15, 0.2) is 42.5 Å². The van der Waals surface area contributed by atoms with Crippen molar-refractivity contribution in [2.75, 3.05) is 19.5 Å². The number of anilines is 1. The molecule has 2 N–H and O–H groups in total. The Morgan fingerprint density at radius 2 is 1.93 bits per heavy atom. The van der Waals surface area contributed by atoms with Crippen molar-refractivity contribution >= 4 is 62.0 Å². The number of ether oxygens (including phenoxy) is 2. The molecule has 0 unspecified atom stereocenters. The summed E-state index contributed by atoms with van der Waals surface area (Å²) in [5.74, 6) is 0.376. The highest BCUT2D eigenvalue weighted by Gasteiger charge is 2.17. The minimum absolute atomic E-state index is 0.395. The van der Waals surface area contributed by atoms with E-state index in [1.54, 1.807) is 7.11 Å². The quantitative estimate of drug-likeness (QED) is 0.455. The summed E-state index contributed by atoms with van der Waals surface area (Å²) in [6.07, 6.45) is 0. The normalized spacial score (nSPS) is 10.5. The zero-order valence-corrected chi connectivity index (χ0v) is 17.1. The topological polar surface area (TPSA) is 59.6 Å². The molecule has 1 heterocycles. The van der Waals surface area contributed by atoms with E-state index in [9.17, 15) is 4.79 Å². The maximum Gasteiger partial charge on any atom is 0.349 e. The van der Waals surface area contributed by atoms with Crippen LogP contribution in [0.5, 0.6) is 5.75 Å². The molecule has 0 spiro atoms. The first kappa shape index (κ1) is 19.4. The number of carbonyl (C=O) groups is 1. The average molecular weight is 421 g/mol. The average Bonchev–Trinajstić information content (AvgIpc) is 3.02. The van der Waals surface area contributed by atoms with E-state index in [1.165, 1.54) is 18.4 Å². The predicted molar refractivity (Wildman–Crippen MR) is 114 cm³/mol. The monoisotopic (exact) mass is 420 g/mol. The number of benzene rings is 2. The van der Waals surface area contributed by atoms with Crippen molar-refractivity contribution in [1.82, 2.24) is 5.32 Å². The molecule has 1 aromatic heterocycles. The molecule has 0 saturated heterocycles. The van der Waals surface area contributed by atoms with Gasteiger partial charge in [-0.15, -0.1) is 11.3 Å². The van der Waals surface area contributed by atoms with Crippen LogP contribution >= 0.6 is 35.2 Å². The fourth-order valence-corrected chi connectivity index (χ4v) is 4.12. The van der Waals surface area contributed by atoms with Crippen molar-refractivity contribution in [1.29, 1.82) is 0 Å². The number of halogens is 1. The third kappa shape index (κ3) is 4.50. The minimum atomic E-state index is -0.438. The third-order valence-corrected chi connectivity index (χ3v) is 5.75. The fourth-order valence-electron chi connectivity index (χ4n) is 2.47. The summed E-state index contributed by atoms with van der Waals surface area (Å²) < 4.78 is 10.8. The van der Waals surface area contributed by atoms with Crippen LogP contribution in [0.2, 0.25) is 5.02 Å². The molecule has 0 fully saturated rings. The van der Waals surface area contributed by atoms with Crippen LogP contribution in [0.3, 0.4) is 0 Å². The van der Waals surface area contributed by atoms with Gasteiger partial charge in [-0.1, -0.05) is 23.7 Å². The lowest BCUT2D eigenvalue weighted by Gasteiger charge is -2.11. The number of methoxy groups -OCH3 is 2. The smallest absolute Gasteiger partial charge is 0.349 e. The standard InChI is InChI=1S/C19H17ClN2O3S2/c1-24-13-6-3-11(4-7-13)10-21-19(26)22-12-5-8-14-15(9-12)27-17(16(14)20)18(23)25-2/h3-9H,10H2,1-2H3,(H2,21,22,26). The molecule has 3 aromatic rings. The second-order valence-electron chi connectivity index (χ2n) is 5.60. The first-order valence-electron chi connectivity index (χ1n) is 8.00. The van der Waals surface area contributed by atoms with Crippen LogP contribution in [0, 0.1) is 0 Å². The van der Waals surface area contributed by atoms with E-state index in [4.69, 9.17) is 33.3 Å². The van der Waals surface area contributed by atoms with E-state index in [-0.39, 0.29) is 0 Å². The largest absolute Gasteiger partial charge is 0.497 e. The summed E-state index contributed by atoms with van der Waals surface area (Å²) in [6, 6.07) is 13.4. The predicted octanol–water partition coefficient (Wildman–Crippen LogP) is 4.84. The number of thiophene rings is 1. The molecule has 0 aliphatic rings. The van der Waals surface area contributed by atoms with Gasteiger partial charge in [0.25, 0.3) is 0 Å². The second-order valence-corrected chi connectivity index (χ2v) is 7.44. The molecule has 27 heavy (non-hydrogen) atoms. The van der Waals surface area contributed by atoms with Crippen molar-refractivity contribution < 1.29 is 14.3 Å². The number of hydrogen-bond acceptors (Lipinski definition) is 5. The third-order valence-electron chi connectivity index (χ3n) is 3.87. The molecule has 5 nitrogen and oxygen atoms in total. The second kappa shape index (κ2) is 8.56. The van der Waals surface area contributed by atoms with E-state index >= 15 is 0 Å². The van der Waals surface area contributed by atoms with Gasteiger partial charge in [0.15, 0.2) is 5.11 Å². The Bertz CT molecular complexity index is 987. The minimum Gasteiger partial charge on any atom is -0.497 e. The van der Waals surface area contributed by atoms with Gasteiger partial charge in [-0.3, -0.25) is 0 Å². The molecule has 0 saturated carbocycles. The van der Waals surface area contributed by atoms with Gasteiger partial charge >= 0.3 is 5.97 Å². The number of nitrogens with one attached hydrogen (secondary N) is 2. The Morgan fingerprint density at radius 1 is 1.19 bits per heavy atom. The van der Waals surface area contributed by atoms with Gasteiger partial charge in [0.2, 0.25) is 0 Å². The summed E-state index contributed by atoms with van der Waals surface area (Å²) in [5, 5.41) is 8.02. The molecule has 140 valence electrons. The number of carbonyl (C=O) groups excluding carboxylic acids is 1. The van der Waals surface area contributed by atoms with Crippen LogP contribution in [-0.4, -0.2) is 25.3 Å². The summed E-state index contributed by atoms with van der Waals surface area (Å²) in [4.78, 5) is 12.2. The van der Waals surface area contributed by atoms with Gasteiger partial charge in [-0.05, 0) is 48.1 Å². The number of rotatable bonds is 5. The fraction of sp³-hybridized carbons (Fsp3) is 0.158. The lowest BCUT2D eigenvalue weighted by atomic mass is 10.2. The molecular formula is C19H17ClN2O3S2. The van der Waals surface area contributed by atoms with Gasteiger partial charge in [-0.25, -0.2) is 4.79 Å². The molecule has 0 atom stereocenters. The van der Waals surface area contributed by atoms with Crippen LogP contribution in [0.25, 0.3) is 10.1 Å². The Balaban J connectivity index is 1.66. The zero-order valence-electron chi connectivity index (χ0n) is 14.7. The molecule has 0 bridgehead atoms. The molecule has 8 heteroatoms. The number of fused-ring (bicyclic) bond motifs is 1. The lowest BCUT2D eigenvalue weighted by molar-refractivity contribution is 0.0606. The van der Waals surface area contributed by atoms with Gasteiger partial charge in [0.05, 0.1) is 19.2 Å². The summed E-state index contributed by atoms with van der Waals surface area (Å²) >= 11 is 12.9. The van der Waals surface area contributed by atoms with Crippen molar-refractivity contribution in [2.24, 2.45) is 0 Å². The highest BCUT2D eigenvalue weighted by atomic mass is 35.5. The summed E-state index contributed by atoms with van der Waals surface area (Å²) in [6.45, 7) is 0.593. The van der Waals surface area contributed by atoms with Gasteiger partial charge in [0.1, 0.15) is 10.6 Å². The number of hydrogen-bond donors (Lipinski definition) is 2. The van der Waals surface area contributed by atoms with Crippen molar-refractivity contribution in [3.8, 4) is 5.75 Å². The van der Waals surface area contributed by atoms with Crippen LogP contribution in [0.4, 0.5) is 5.69 Å². The Labute approximate surface area is 171 Å². The number of esters is 1. The molecule has 3 rings (SSSR count). The summed E-state index contributed by atoms with van der Waals surface area (Å²) in [5.41, 5.74) is 1.90. The highest BCUT2D eigenvalue weighted by molar-refractivity contribution is 7.80. The van der Waals surface area contributed by atoms with Crippen molar-refractivity contribution in [3.05, 3.63) is 57.9 Å². The van der Waals surface area contributed by atoms with E-state index in [0.717, 1.165) is 27.1 Å². The Kier molecular flexibility index (Phi) is 6.15. The van der Waals surface area contributed by atoms with E-state index in [1.807, 2.05) is 42.5 Å². The zero-order chi connectivity index (χ0) is 19.4. The van der Waals surface area contributed by atoms with Crippen molar-refractivity contribution in [2.45, 2.75) is 6.54 Å². The lowest BCUT2D eigenvalue weighted by Crippen LogP contribution is -2.27. The van der Waals surface area contributed by atoms with E-state index in [0.29, 0.717) is 21.6 Å². The molecule has 2 aromatic carbocycles. The Hall–Kier alpha value is -2.35.